The molecule has 4 heteroatoms. The van der Waals surface area contributed by atoms with Crippen molar-refractivity contribution < 1.29 is 9.53 Å². The largest absolute Gasteiger partial charge is 0.433 e. The lowest BCUT2D eigenvalue weighted by atomic mass is 10.9. The van der Waals surface area contributed by atoms with E-state index in [4.69, 9.17) is 6.42 Å². The van der Waals surface area contributed by atoms with E-state index in [1.165, 1.54) is 18.7 Å². The summed E-state index contributed by atoms with van der Waals surface area (Å²) in [7, 11) is 0. The summed E-state index contributed by atoms with van der Waals surface area (Å²) in [6.45, 7) is 0. The summed E-state index contributed by atoms with van der Waals surface area (Å²) >= 11 is 0. The second-order valence-corrected chi connectivity index (χ2v) is 1.46. The minimum atomic E-state index is -0.625. The van der Waals surface area contributed by atoms with Gasteiger partial charge < -0.3 is 4.74 Å². The highest BCUT2D eigenvalue weighted by Crippen LogP contribution is 1.87. The van der Waals surface area contributed by atoms with Gasteiger partial charge in [0.25, 0.3) is 0 Å². The Hall–Kier alpha value is -1.76. The molecule has 0 aliphatic heterocycles. The molecule has 0 saturated carbocycles. The number of imidazole rings is 1. The number of hydrogen-bond acceptors (Lipinski definition) is 3. The predicted molar refractivity (Wildman–Crippen MR) is 32.9 cm³/mol. The van der Waals surface area contributed by atoms with Crippen molar-refractivity contribution in [3.05, 3.63) is 18.7 Å². The Kier molecular flexibility index (Phi) is 1.71. The van der Waals surface area contributed by atoms with Gasteiger partial charge in [0.05, 0.1) is 0 Å². The topological polar surface area (TPSA) is 44.1 Å². The molecule has 1 aromatic heterocycles. The highest BCUT2D eigenvalue weighted by Gasteiger charge is 2.00. The standard InChI is InChI=1S/C6H4N2O2/c1-2-10-6(9)8-4-3-7-5-8/h1,3-5H. The minimum Gasteiger partial charge on any atom is -0.355 e. The maximum atomic E-state index is 10.7. The molecule has 0 spiro atoms. The second kappa shape index (κ2) is 2.69. The van der Waals surface area contributed by atoms with E-state index >= 15 is 0 Å². The van der Waals surface area contributed by atoms with Crippen LogP contribution in [0.2, 0.25) is 0 Å². The van der Waals surface area contributed by atoms with E-state index in [9.17, 15) is 4.79 Å². The van der Waals surface area contributed by atoms with E-state index in [1.54, 1.807) is 6.11 Å². The minimum absolute atomic E-state index is 0.625. The van der Waals surface area contributed by atoms with Gasteiger partial charge in [-0.15, -0.1) is 0 Å². The van der Waals surface area contributed by atoms with Gasteiger partial charge in [-0.2, -0.15) is 0 Å². The SMILES string of the molecule is C#COC(=O)n1ccnc1. The van der Waals surface area contributed by atoms with E-state index in [0.29, 0.717) is 0 Å². The molecule has 10 heavy (non-hydrogen) atoms. The third-order valence-electron chi connectivity index (χ3n) is 0.861. The zero-order valence-electron chi connectivity index (χ0n) is 5.02. The van der Waals surface area contributed by atoms with E-state index in [0.717, 1.165) is 4.57 Å². The molecule has 0 unspecified atom stereocenters. The van der Waals surface area contributed by atoms with Crippen LogP contribution >= 0.6 is 0 Å². The van der Waals surface area contributed by atoms with Gasteiger partial charge >= 0.3 is 6.09 Å². The zero-order valence-corrected chi connectivity index (χ0v) is 5.02. The molecular weight excluding hydrogens is 132 g/mol. The van der Waals surface area contributed by atoms with Crippen LogP contribution in [0, 0.1) is 12.5 Å². The van der Waals surface area contributed by atoms with Crippen molar-refractivity contribution in [1.29, 1.82) is 0 Å². The molecule has 0 amide bonds. The van der Waals surface area contributed by atoms with Crippen LogP contribution in [0.3, 0.4) is 0 Å². The molecule has 0 saturated heterocycles. The van der Waals surface area contributed by atoms with E-state index < -0.39 is 6.09 Å². The molecule has 0 aliphatic rings. The van der Waals surface area contributed by atoms with Gasteiger partial charge in [-0.3, -0.25) is 0 Å². The van der Waals surface area contributed by atoms with Crippen molar-refractivity contribution in [2.24, 2.45) is 0 Å². The Labute approximate surface area is 57.4 Å². The summed E-state index contributed by atoms with van der Waals surface area (Å²) in [6, 6.07) is 0. The van der Waals surface area contributed by atoms with Crippen molar-refractivity contribution in [2.75, 3.05) is 0 Å². The Balaban J connectivity index is 2.71. The van der Waals surface area contributed by atoms with E-state index in [-0.39, 0.29) is 0 Å². The molecule has 0 bridgehead atoms. The molecule has 0 radical (unpaired) electrons. The Bertz CT molecular complexity index is 258. The van der Waals surface area contributed by atoms with Crippen LogP contribution in [-0.4, -0.2) is 15.6 Å². The first-order valence-electron chi connectivity index (χ1n) is 2.49. The second-order valence-electron chi connectivity index (χ2n) is 1.46. The molecule has 0 fully saturated rings. The van der Waals surface area contributed by atoms with E-state index in [2.05, 4.69) is 9.72 Å². The molecule has 0 aliphatic carbocycles. The first-order chi connectivity index (χ1) is 4.84. The number of carbonyl (C=O) groups excluding carboxylic acids is 1. The predicted octanol–water partition coefficient (Wildman–Crippen LogP) is 0.458. The average molecular weight is 136 g/mol. The summed E-state index contributed by atoms with van der Waals surface area (Å²) in [6.07, 6.45) is 10.0. The lowest BCUT2D eigenvalue weighted by Crippen LogP contribution is -2.07. The molecular formula is C6H4N2O2. The molecule has 0 atom stereocenters. The lowest BCUT2D eigenvalue weighted by molar-refractivity contribution is 0.193. The number of terminal acetylenes is 1. The number of carbonyl (C=O) groups is 1. The van der Waals surface area contributed by atoms with Crippen LogP contribution in [0.1, 0.15) is 0 Å². The van der Waals surface area contributed by atoms with Gasteiger partial charge in [0.15, 0.2) is 0 Å². The van der Waals surface area contributed by atoms with Crippen LogP contribution in [0.15, 0.2) is 18.7 Å². The first kappa shape index (κ1) is 6.36. The lowest BCUT2D eigenvalue weighted by Gasteiger charge is -1.92. The first-order valence-corrected chi connectivity index (χ1v) is 2.49. The third kappa shape index (κ3) is 1.14. The van der Waals surface area contributed by atoms with Crippen LogP contribution in [0.4, 0.5) is 4.79 Å². The van der Waals surface area contributed by atoms with Gasteiger partial charge in [-0.25, -0.2) is 14.3 Å². The van der Waals surface area contributed by atoms with Gasteiger partial charge in [0, 0.05) is 12.4 Å². The Morgan fingerprint density at radius 2 is 2.60 bits per heavy atom. The summed E-state index contributed by atoms with van der Waals surface area (Å²) in [5, 5.41) is 0. The normalized spacial score (nSPS) is 8.30. The highest BCUT2D eigenvalue weighted by atomic mass is 16.5. The molecule has 1 heterocycles. The molecule has 1 aromatic rings. The fourth-order valence-electron chi connectivity index (χ4n) is 0.470. The van der Waals surface area contributed by atoms with Crippen LogP contribution < -0.4 is 0 Å². The van der Waals surface area contributed by atoms with Crippen molar-refractivity contribution in [1.82, 2.24) is 9.55 Å². The third-order valence-corrected chi connectivity index (χ3v) is 0.861. The van der Waals surface area contributed by atoms with Crippen molar-refractivity contribution in [2.45, 2.75) is 0 Å². The van der Waals surface area contributed by atoms with Gasteiger partial charge in [0.1, 0.15) is 12.4 Å². The fraction of sp³-hybridized carbons (Fsp3) is 0. The number of ether oxygens (including phenoxy) is 1. The van der Waals surface area contributed by atoms with Crippen molar-refractivity contribution >= 4 is 6.09 Å². The van der Waals surface area contributed by atoms with Gasteiger partial charge in [0.2, 0.25) is 0 Å². The Morgan fingerprint density at radius 1 is 1.80 bits per heavy atom. The smallest absolute Gasteiger partial charge is 0.355 e. The van der Waals surface area contributed by atoms with Gasteiger partial charge in [-0.05, 0) is 0 Å². The van der Waals surface area contributed by atoms with Crippen LogP contribution in [0.5, 0.6) is 0 Å². The Morgan fingerprint density at radius 3 is 3.10 bits per heavy atom. The maximum Gasteiger partial charge on any atom is 0.433 e. The maximum absolute atomic E-state index is 10.7. The van der Waals surface area contributed by atoms with Gasteiger partial charge in [-0.1, -0.05) is 6.42 Å². The monoisotopic (exact) mass is 136 g/mol. The molecule has 4 nitrogen and oxygen atoms in total. The van der Waals surface area contributed by atoms with E-state index in [1.807, 2.05) is 0 Å². The number of nitrogens with zero attached hydrogens (tertiary/aromatic N) is 2. The van der Waals surface area contributed by atoms with Crippen molar-refractivity contribution in [3.8, 4) is 12.5 Å². The molecule has 50 valence electrons. The average Bonchev–Trinajstić information content (AvgIpc) is 2.38. The summed E-state index contributed by atoms with van der Waals surface area (Å²) in [4.78, 5) is 14.3. The molecule has 0 aromatic carbocycles. The number of rotatable bonds is 0. The quantitative estimate of drug-likeness (QED) is 0.486. The molecule has 0 N–H and O–H groups in total. The number of aromatic nitrogens is 2. The number of hydrogen-bond donors (Lipinski definition) is 0. The van der Waals surface area contributed by atoms with Crippen molar-refractivity contribution in [3.63, 3.8) is 0 Å². The zero-order chi connectivity index (χ0) is 7.40. The fourth-order valence-corrected chi connectivity index (χ4v) is 0.470. The summed E-state index contributed by atoms with van der Waals surface area (Å²) in [5.74, 6) is 0. The highest BCUT2D eigenvalue weighted by molar-refractivity contribution is 5.70. The van der Waals surface area contributed by atoms with Crippen LogP contribution in [-0.2, 0) is 4.74 Å². The summed E-state index contributed by atoms with van der Waals surface area (Å²) in [5.41, 5.74) is 0. The summed E-state index contributed by atoms with van der Waals surface area (Å²) < 4.78 is 5.34. The molecule has 1 rings (SSSR count). The van der Waals surface area contributed by atoms with Crippen LogP contribution in [0.25, 0.3) is 0 Å².